The van der Waals surface area contributed by atoms with Gasteiger partial charge in [-0.15, -0.1) is 0 Å². The number of pyridine rings is 1. The normalized spacial score (nSPS) is 14.6. The maximum Gasteiger partial charge on any atom is 0.407 e. The molecule has 0 saturated heterocycles. The van der Waals surface area contributed by atoms with E-state index >= 15 is 0 Å². The van der Waals surface area contributed by atoms with E-state index in [1.165, 1.54) is 54.3 Å². The number of ether oxygens (including phenoxy) is 1. The maximum absolute atomic E-state index is 13.3. The third-order valence-electron chi connectivity index (χ3n) is 7.07. The smallest absolute Gasteiger partial charge is 0.407 e. The number of anilines is 1. The molecule has 3 N–H and O–H groups in total. The first-order valence-electron chi connectivity index (χ1n) is 13.7. The van der Waals surface area contributed by atoms with Gasteiger partial charge in [0.05, 0.1) is 19.3 Å². The third-order valence-corrected chi connectivity index (χ3v) is 7.07. The Kier molecular flexibility index (Phi) is 9.82. The standard InChI is InChI=1S/C28H36N8O5/c1-35(2)22(37)14-8-7-12-19(32-28(40)41-3)26(38)31-20-13-9-15-36(27(20)39)16-21-33-24-23(18-10-5-4-6-11-18)29-17-30-25(24)34-21/h8-9,13-15,17-19H,4-7,10-12,16H2,1-3H3,(H,31,38)(H,32,40)(H,29,30,33,34)/b14-8+/t19-/m0/s1. The van der Waals surface area contributed by atoms with Gasteiger partial charge >= 0.3 is 6.09 Å². The SMILES string of the molecule is COC(=O)N[C@@H](CC/C=C/C(=O)N(C)C)C(=O)Nc1cccn(Cc2nc3ncnc(C4CCCCC4)c3[nH]2)c1=O. The lowest BCUT2D eigenvalue weighted by atomic mass is 9.86. The van der Waals surface area contributed by atoms with Crippen LogP contribution < -0.4 is 16.2 Å². The molecular weight excluding hydrogens is 528 g/mol. The van der Waals surface area contributed by atoms with Gasteiger partial charge in [-0.25, -0.2) is 19.7 Å². The molecule has 218 valence electrons. The zero-order valence-corrected chi connectivity index (χ0v) is 23.6. The van der Waals surface area contributed by atoms with E-state index < -0.39 is 23.6 Å². The van der Waals surface area contributed by atoms with Crippen molar-refractivity contribution >= 4 is 34.8 Å². The summed E-state index contributed by atoms with van der Waals surface area (Å²) in [6.45, 7) is 0.136. The zero-order chi connectivity index (χ0) is 29.4. The van der Waals surface area contributed by atoms with Crippen molar-refractivity contribution in [2.75, 3.05) is 26.5 Å². The number of allylic oxidation sites excluding steroid dienone is 1. The Balaban J connectivity index is 1.48. The summed E-state index contributed by atoms with van der Waals surface area (Å²) in [7, 11) is 4.45. The summed E-state index contributed by atoms with van der Waals surface area (Å²) in [5.41, 5.74) is 1.93. The number of methoxy groups -OCH3 is 1. The van der Waals surface area contributed by atoms with E-state index in [0.29, 0.717) is 23.8 Å². The fourth-order valence-electron chi connectivity index (χ4n) is 4.86. The van der Waals surface area contributed by atoms with Crippen LogP contribution in [0.2, 0.25) is 0 Å². The number of aromatic nitrogens is 5. The maximum atomic E-state index is 13.3. The fraction of sp³-hybridized carbons (Fsp3) is 0.464. The summed E-state index contributed by atoms with van der Waals surface area (Å²) >= 11 is 0. The number of imidazole rings is 1. The number of nitrogens with one attached hydrogen (secondary N) is 3. The number of aromatic amines is 1. The summed E-state index contributed by atoms with van der Waals surface area (Å²) in [5, 5.41) is 5.10. The summed E-state index contributed by atoms with van der Waals surface area (Å²) in [4.78, 5) is 68.1. The summed E-state index contributed by atoms with van der Waals surface area (Å²) < 4.78 is 6.07. The second-order valence-corrected chi connectivity index (χ2v) is 10.2. The van der Waals surface area contributed by atoms with Crippen molar-refractivity contribution in [3.63, 3.8) is 0 Å². The van der Waals surface area contributed by atoms with Crippen molar-refractivity contribution in [1.29, 1.82) is 0 Å². The van der Waals surface area contributed by atoms with Gasteiger partial charge in [0, 0.05) is 26.2 Å². The molecule has 4 rings (SSSR count). The fourth-order valence-corrected chi connectivity index (χ4v) is 4.86. The number of likely N-dealkylation sites (N-methyl/N-ethyl adjacent to an activating group) is 1. The van der Waals surface area contributed by atoms with Gasteiger partial charge in [0.25, 0.3) is 5.56 Å². The van der Waals surface area contributed by atoms with Crippen molar-refractivity contribution < 1.29 is 19.1 Å². The van der Waals surface area contributed by atoms with Crippen LogP contribution in [0, 0.1) is 0 Å². The van der Waals surface area contributed by atoms with Gasteiger partial charge in [-0.2, -0.15) is 0 Å². The van der Waals surface area contributed by atoms with Crippen LogP contribution in [0.5, 0.6) is 0 Å². The summed E-state index contributed by atoms with van der Waals surface area (Å²) in [6, 6.07) is 2.14. The molecule has 0 bridgehead atoms. The van der Waals surface area contributed by atoms with Crippen molar-refractivity contribution in [2.45, 2.75) is 63.5 Å². The Morgan fingerprint density at radius 3 is 2.73 bits per heavy atom. The molecule has 1 aliphatic rings. The van der Waals surface area contributed by atoms with Crippen LogP contribution in [0.15, 0.2) is 41.6 Å². The van der Waals surface area contributed by atoms with E-state index in [2.05, 4.69) is 35.3 Å². The van der Waals surface area contributed by atoms with Crippen molar-refractivity contribution in [3.8, 4) is 0 Å². The molecule has 0 unspecified atom stereocenters. The van der Waals surface area contributed by atoms with Gasteiger partial charge in [0.2, 0.25) is 11.8 Å². The molecule has 0 aliphatic heterocycles. The highest BCUT2D eigenvalue weighted by Gasteiger charge is 2.23. The van der Waals surface area contributed by atoms with Crippen molar-refractivity contribution in [2.24, 2.45) is 0 Å². The predicted octanol–water partition coefficient (Wildman–Crippen LogP) is 2.70. The van der Waals surface area contributed by atoms with E-state index in [9.17, 15) is 19.2 Å². The van der Waals surface area contributed by atoms with Crippen molar-refractivity contribution in [1.82, 2.24) is 34.7 Å². The molecule has 1 saturated carbocycles. The Labute approximate surface area is 237 Å². The van der Waals surface area contributed by atoms with E-state index in [1.54, 1.807) is 32.4 Å². The lowest BCUT2D eigenvalue weighted by Crippen LogP contribution is -2.44. The molecule has 13 heteroatoms. The van der Waals surface area contributed by atoms with E-state index in [4.69, 9.17) is 0 Å². The number of carbonyl (C=O) groups excluding carboxylic acids is 3. The highest BCUT2D eigenvalue weighted by molar-refractivity contribution is 5.96. The summed E-state index contributed by atoms with van der Waals surface area (Å²) in [5.74, 6) is 0.124. The molecule has 0 radical (unpaired) electrons. The average molecular weight is 565 g/mol. The van der Waals surface area contributed by atoms with Crippen LogP contribution in [0.25, 0.3) is 11.2 Å². The highest BCUT2D eigenvalue weighted by atomic mass is 16.5. The van der Waals surface area contributed by atoms with Crippen LogP contribution in [-0.4, -0.2) is 74.6 Å². The minimum atomic E-state index is -0.998. The van der Waals surface area contributed by atoms with Crippen LogP contribution in [0.4, 0.5) is 10.5 Å². The molecule has 3 amide bonds. The average Bonchev–Trinajstić information content (AvgIpc) is 3.39. The molecule has 1 atom stereocenters. The number of alkyl carbamates (subject to hydrolysis) is 1. The first-order valence-corrected chi connectivity index (χ1v) is 13.7. The van der Waals surface area contributed by atoms with Gasteiger partial charge in [0.15, 0.2) is 5.65 Å². The highest BCUT2D eigenvalue weighted by Crippen LogP contribution is 2.33. The largest absolute Gasteiger partial charge is 0.453 e. The Morgan fingerprint density at radius 2 is 2.00 bits per heavy atom. The molecular formula is C28H36N8O5. The lowest BCUT2D eigenvalue weighted by molar-refractivity contribution is -0.123. The van der Waals surface area contributed by atoms with Gasteiger partial charge in [-0.05, 0) is 43.9 Å². The number of carbonyl (C=O) groups is 3. The van der Waals surface area contributed by atoms with Crippen LogP contribution in [-0.2, 0) is 20.9 Å². The Morgan fingerprint density at radius 1 is 1.22 bits per heavy atom. The number of hydrogen-bond acceptors (Lipinski definition) is 8. The monoisotopic (exact) mass is 564 g/mol. The molecule has 13 nitrogen and oxygen atoms in total. The molecule has 3 heterocycles. The molecule has 0 aromatic carbocycles. The second-order valence-electron chi connectivity index (χ2n) is 10.2. The molecule has 3 aromatic heterocycles. The van der Waals surface area contributed by atoms with Crippen molar-refractivity contribution in [3.05, 3.63) is 58.7 Å². The topological polar surface area (TPSA) is 164 Å². The van der Waals surface area contributed by atoms with Crippen LogP contribution >= 0.6 is 0 Å². The first-order chi connectivity index (χ1) is 19.8. The van der Waals surface area contributed by atoms with Gasteiger partial charge in [-0.1, -0.05) is 25.3 Å². The minimum Gasteiger partial charge on any atom is -0.453 e. The van der Waals surface area contributed by atoms with E-state index in [1.807, 2.05) is 0 Å². The van der Waals surface area contributed by atoms with Gasteiger partial charge in [0.1, 0.15) is 29.4 Å². The van der Waals surface area contributed by atoms with Gasteiger partial charge in [-0.3, -0.25) is 14.4 Å². The number of rotatable bonds is 10. The zero-order valence-electron chi connectivity index (χ0n) is 23.6. The number of fused-ring (bicyclic) bond motifs is 1. The number of nitrogens with zero attached hydrogens (tertiary/aromatic N) is 5. The Hall–Kier alpha value is -4.55. The lowest BCUT2D eigenvalue weighted by Gasteiger charge is -2.20. The molecule has 0 spiro atoms. The second kappa shape index (κ2) is 13.7. The summed E-state index contributed by atoms with van der Waals surface area (Å²) in [6.07, 6.45) is 11.6. The molecule has 1 aliphatic carbocycles. The van der Waals surface area contributed by atoms with E-state index in [-0.39, 0.29) is 24.6 Å². The third kappa shape index (κ3) is 7.56. The molecule has 3 aromatic rings. The molecule has 1 fully saturated rings. The minimum absolute atomic E-state index is 0.0475. The first kappa shape index (κ1) is 29.4. The quantitative estimate of drug-likeness (QED) is 0.316. The van der Waals surface area contributed by atoms with Gasteiger partial charge < -0.3 is 29.8 Å². The van der Waals surface area contributed by atoms with E-state index in [0.717, 1.165) is 24.1 Å². The molecule has 41 heavy (non-hydrogen) atoms. The predicted molar refractivity (Wildman–Crippen MR) is 152 cm³/mol. The number of amides is 3. The Bertz CT molecular complexity index is 1470. The van der Waals surface area contributed by atoms with Crippen LogP contribution in [0.3, 0.4) is 0 Å². The number of H-pyrrole nitrogens is 1. The van der Waals surface area contributed by atoms with Crippen LogP contribution in [0.1, 0.15) is 62.4 Å². The number of hydrogen-bond donors (Lipinski definition) is 3.